The van der Waals surface area contributed by atoms with Crippen molar-refractivity contribution < 1.29 is 9.59 Å². The van der Waals surface area contributed by atoms with Gasteiger partial charge in [-0.05, 0) is 53.4 Å². The molecule has 0 aromatic heterocycles. The first-order chi connectivity index (χ1) is 15.6. The van der Waals surface area contributed by atoms with Crippen molar-refractivity contribution in [1.82, 2.24) is 0 Å². The molecule has 0 aliphatic carbocycles. The van der Waals surface area contributed by atoms with Crippen molar-refractivity contribution in [3.05, 3.63) is 88.4 Å². The lowest BCUT2D eigenvalue weighted by molar-refractivity contribution is -0.118. The second kappa shape index (κ2) is 11.1. The fourth-order valence-corrected chi connectivity index (χ4v) is 4.72. The molecule has 7 heteroatoms. The van der Waals surface area contributed by atoms with Gasteiger partial charge in [0.2, 0.25) is 11.8 Å². The number of benzene rings is 3. The summed E-state index contributed by atoms with van der Waals surface area (Å²) < 4.78 is 0. The van der Waals surface area contributed by atoms with Crippen molar-refractivity contribution in [2.45, 2.75) is 37.3 Å². The summed E-state index contributed by atoms with van der Waals surface area (Å²) in [5.41, 5.74) is 2.05. The molecule has 3 aromatic rings. The van der Waals surface area contributed by atoms with E-state index >= 15 is 0 Å². The van der Waals surface area contributed by atoms with Gasteiger partial charge in [0, 0.05) is 32.7 Å². The van der Waals surface area contributed by atoms with Gasteiger partial charge in [-0.2, -0.15) is 0 Å². The quantitative estimate of drug-likeness (QED) is 0.324. The van der Waals surface area contributed by atoms with Gasteiger partial charge in [0.15, 0.2) is 0 Å². The van der Waals surface area contributed by atoms with Crippen LogP contribution in [0.25, 0.3) is 0 Å². The van der Waals surface area contributed by atoms with Crippen LogP contribution in [0.5, 0.6) is 0 Å². The zero-order valence-corrected chi connectivity index (χ0v) is 21.0. The molecule has 0 heterocycles. The zero-order chi connectivity index (χ0) is 24.0. The Kier molecular flexibility index (Phi) is 8.46. The van der Waals surface area contributed by atoms with Crippen LogP contribution in [-0.2, 0) is 9.59 Å². The first-order valence-corrected chi connectivity index (χ1v) is 12.1. The molecular formula is C26H26Cl2N2O2S. The Morgan fingerprint density at radius 3 is 2.03 bits per heavy atom. The van der Waals surface area contributed by atoms with Gasteiger partial charge in [0.1, 0.15) is 5.25 Å². The standard InChI is InChI=1S/C26H26Cl2N2O2S/c1-26(2,3)16-23(31)29-20-9-11-22(12-10-20)33-24(17-7-5-4-6-8-17)25(32)30-21-14-18(27)13-19(28)15-21/h4-15,24H,16H2,1-3H3,(H,29,31)(H,30,32). The number of rotatable bonds is 7. The van der Waals surface area contributed by atoms with E-state index in [0.29, 0.717) is 22.2 Å². The van der Waals surface area contributed by atoms with E-state index in [0.717, 1.165) is 16.1 Å². The summed E-state index contributed by atoms with van der Waals surface area (Å²) in [5.74, 6) is -0.211. The second-order valence-corrected chi connectivity index (χ2v) is 10.9. The van der Waals surface area contributed by atoms with Gasteiger partial charge in [-0.15, -0.1) is 11.8 Å². The number of hydrogen-bond acceptors (Lipinski definition) is 3. The van der Waals surface area contributed by atoms with Crippen molar-refractivity contribution in [2.24, 2.45) is 5.41 Å². The van der Waals surface area contributed by atoms with Crippen LogP contribution in [0.2, 0.25) is 10.0 Å². The van der Waals surface area contributed by atoms with Crippen molar-refractivity contribution >= 4 is 58.2 Å². The third-order valence-electron chi connectivity index (χ3n) is 4.55. The number of thioether (sulfide) groups is 1. The van der Waals surface area contributed by atoms with Gasteiger partial charge >= 0.3 is 0 Å². The number of carbonyl (C=O) groups excluding carboxylic acids is 2. The Balaban J connectivity index is 1.75. The monoisotopic (exact) mass is 500 g/mol. The molecule has 4 nitrogen and oxygen atoms in total. The maximum atomic E-state index is 13.2. The fourth-order valence-electron chi connectivity index (χ4n) is 3.17. The largest absolute Gasteiger partial charge is 0.326 e. The lowest BCUT2D eigenvalue weighted by atomic mass is 9.92. The molecular weight excluding hydrogens is 475 g/mol. The van der Waals surface area contributed by atoms with Crippen LogP contribution in [0.15, 0.2) is 77.7 Å². The van der Waals surface area contributed by atoms with E-state index in [1.807, 2.05) is 75.4 Å². The molecule has 3 rings (SSSR count). The van der Waals surface area contributed by atoms with Crippen LogP contribution in [0.4, 0.5) is 11.4 Å². The number of amides is 2. The summed E-state index contributed by atoms with van der Waals surface area (Å²) in [5, 5.41) is 6.24. The Labute approximate surface area is 209 Å². The molecule has 2 amide bonds. The molecule has 3 aromatic carbocycles. The number of anilines is 2. The van der Waals surface area contributed by atoms with Crippen LogP contribution < -0.4 is 10.6 Å². The van der Waals surface area contributed by atoms with E-state index < -0.39 is 5.25 Å². The SMILES string of the molecule is CC(C)(C)CC(=O)Nc1ccc(SC(C(=O)Nc2cc(Cl)cc(Cl)c2)c2ccccc2)cc1. The van der Waals surface area contributed by atoms with E-state index in [4.69, 9.17) is 23.2 Å². The highest BCUT2D eigenvalue weighted by molar-refractivity contribution is 8.00. The first kappa shape index (κ1) is 25.2. The van der Waals surface area contributed by atoms with Crippen LogP contribution in [0, 0.1) is 5.41 Å². The highest BCUT2D eigenvalue weighted by Crippen LogP contribution is 2.37. The predicted octanol–water partition coefficient (Wildman–Crippen LogP) is 7.84. The van der Waals surface area contributed by atoms with Gasteiger partial charge in [-0.3, -0.25) is 9.59 Å². The Bertz CT molecular complexity index is 1090. The van der Waals surface area contributed by atoms with Gasteiger partial charge in [0.25, 0.3) is 0 Å². The van der Waals surface area contributed by atoms with Gasteiger partial charge < -0.3 is 10.6 Å². The summed E-state index contributed by atoms with van der Waals surface area (Å²) >= 11 is 13.6. The minimum atomic E-state index is -0.495. The van der Waals surface area contributed by atoms with Crippen molar-refractivity contribution in [3.63, 3.8) is 0 Å². The minimum Gasteiger partial charge on any atom is -0.326 e. The van der Waals surface area contributed by atoms with Gasteiger partial charge in [-0.25, -0.2) is 0 Å². The topological polar surface area (TPSA) is 58.2 Å². The van der Waals surface area contributed by atoms with Crippen LogP contribution in [-0.4, -0.2) is 11.8 Å². The van der Waals surface area contributed by atoms with E-state index in [2.05, 4.69) is 10.6 Å². The predicted molar refractivity (Wildman–Crippen MR) is 139 cm³/mol. The fraction of sp³-hybridized carbons (Fsp3) is 0.231. The Morgan fingerprint density at radius 1 is 0.848 bits per heavy atom. The summed E-state index contributed by atoms with van der Waals surface area (Å²) in [6.45, 7) is 6.08. The molecule has 1 unspecified atom stereocenters. The number of halogens is 2. The lowest BCUT2D eigenvalue weighted by Gasteiger charge is -2.18. The van der Waals surface area contributed by atoms with E-state index in [-0.39, 0.29) is 17.2 Å². The highest BCUT2D eigenvalue weighted by Gasteiger charge is 2.23. The number of carbonyl (C=O) groups is 2. The maximum Gasteiger partial charge on any atom is 0.242 e. The molecule has 0 bridgehead atoms. The average Bonchev–Trinajstić information content (AvgIpc) is 2.71. The third kappa shape index (κ3) is 8.11. The summed E-state index contributed by atoms with van der Waals surface area (Å²) in [6.07, 6.45) is 0.438. The molecule has 172 valence electrons. The molecule has 0 fully saturated rings. The lowest BCUT2D eigenvalue weighted by Crippen LogP contribution is -2.19. The third-order valence-corrected chi connectivity index (χ3v) is 6.26. The Hall–Kier alpha value is -2.47. The van der Waals surface area contributed by atoms with E-state index in [1.54, 1.807) is 18.2 Å². The molecule has 0 aliphatic rings. The van der Waals surface area contributed by atoms with Gasteiger partial charge in [0.05, 0.1) is 0 Å². The van der Waals surface area contributed by atoms with Crippen molar-refractivity contribution in [2.75, 3.05) is 10.6 Å². The van der Waals surface area contributed by atoms with Crippen LogP contribution >= 0.6 is 35.0 Å². The number of nitrogens with one attached hydrogen (secondary N) is 2. The van der Waals surface area contributed by atoms with Gasteiger partial charge in [-0.1, -0.05) is 74.3 Å². The summed E-state index contributed by atoms with van der Waals surface area (Å²) in [4.78, 5) is 26.3. The first-order valence-electron chi connectivity index (χ1n) is 10.5. The molecule has 0 saturated heterocycles. The molecule has 1 atom stereocenters. The van der Waals surface area contributed by atoms with E-state index in [9.17, 15) is 9.59 Å². The normalized spacial score (nSPS) is 12.2. The van der Waals surface area contributed by atoms with E-state index in [1.165, 1.54) is 11.8 Å². The Morgan fingerprint density at radius 2 is 1.45 bits per heavy atom. The zero-order valence-electron chi connectivity index (χ0n) is 18.7. The summed E-state index contributed by atoms with van der Waals surface area (Å²) in [6, 6.07) is 22.0. The molecule has 0 radical (unpaired) electrons. The van der Waals surface area contributed by atoms with Crippen LogP contribution in [0.3, 0.4) is 0 Å². The van der Waals surface area contributed by atoms with Crippen molar-refractivity contribution in [3.8, 4) is 0 Å². The molecule has 0 spiro atoms. The smallest absolute Gasteiger partial charge is 0.242 e. The molecule has 0 aliphatic heterocycles. The number of hydrogen-bond donors (Lipinski definition) is 2. The minimum absolute atomic E-state index is 0.0235. The highest BCUT2D eigenvalue weighted by atomic mass is 35.5. The molecule has 33 heavy (non-hydrogen) atoms. The molecule has 0 saturated carbocycles. The van der Waals surface area contributed by atoms with Crippen LogP contribution in [0.1, 0.15) is 38.0 Å². The van der Waals surface area contributed by atoms with Crippen molar-refractivity contribution in [1.29, 1.82) is 0 Å². The second-order valence-electron chi connectivity index (χ2n) is 8.87. The maximum absolute atomic E-state index is 13.2. The average molecular weight is 501 g/mol. The molecule has 2 N–H and O–H groups in total. The summed E-state index contributed by atoms with van der Waals surface area (Å²) in [7, 11) is 0.